The van der Waals surface area contributed by atoms with Gasteiger partial charge >= 0.3 is 5.97 Å². The first kappa shape index (κ1) is 20.2. The smallest absolute Gasteiger partial charge is 0.310 e. The maximum absolute atomic E-state index is 12.2. The lowest BCUT2D eigenvalue weighted by atomic mass is 9.96. The van der Waals surface area contributed by atoms with Crippen LogP contribution in [-0.4, -0.2) is 25.6 Å². The highest BCUT2D eigenvalue weighted by molar-refractivity contribution is 7.16. The number of thiophene rings is 1. The lowest BCUT2D eigenvalue weighted by Crippen LogP contribution is -2.21. The van der Waals surface area contributed by atoms with Gasteiger partial charge in [-0.2, -0.15) is 5.26 Å². The van der Waals surface area contributed by atoms with Crippen molar-refractivity contribution in [2.24, 2.45) is 0 Å². The number of nitrogens with one attached hydrogen (secondary N) is 1. The van der Waals surface area contributed by atoms with Gasteiger partial charge in [0.1, 0.15) is 16.8 Å². The molecule has 0 unspecified atom stereocenters. The van der Waals surface area contributed by atoms with E-state index in [0.717, 1.165) is 36.1 Å². The van der Waals surface area contributed by atoms with E-state index in [1.165, 1.54) is 18.4 Å². The molecule has 1 N–H and O–H groups in total. The highest BCUT2D eigenvalue weighted by atomic mass is 35.5. The van der Waals surface area contributed by atoms with Gasteiger partial charge in [0.25, 0.3) is 5.91 Å². The van der Waals surface area contributed by atoms with Crippen molar-refractivity contribution < 1.29 is 19.1 Å². The topological polar surface area (TPSA) is 88.4 Å². The van der Waals surface area contributed by atoms with Crippen LogP contribution in [0.1, 0.15) is 34.4 Å². The van der Waals surface area contributed by atoms with E-state index in [4.69, 9.17) is 21.1 Å². The van der Waals surface area contributed by atoms with Gasteiger partial charge in [0.05, 0.1) is 19.1 Å². The molecule has 1 aliphatic rings. The van der Waals surface area contributed by atoms with E-state index in [-0.39, 0.29) is 6.42 Å². The minimum Gasteiger partial charge on any atom is -0.496 e. The molecule has 8 heteroatoms. The Balaban J connectivity index is 1.58. The summed E-state index contributed by atoms with van der Waals surface area (Å²) in [6.45, 7) is -0.421. The molecule has 0 atom stereocenters. The lowest BCUT2D eigenvalue weighted by molar-refractivity contribution is -0.146. The number of amides is 1. The Bertz CT molecular complexity index is 948. The minimum atomic E-state index is -0.568. The zero-order valence-corrected chi connectivity index (χ0v) is 16.9. The van der Waals surface area contributed by atoms with Crippen molar-refractivity contribution in [3.05, 3.63) is 44.8 Å². The van der Waals surface area contributed by atoms with Gasteiger partial charge in [-0.25, -0.2) is 0 Å². The number of anilines is 1. The van der Waals surface area contributed by atoms with Crippen LogP contribution in [0, 0.1) is 11.3 Å². The second-order valence-corrected chi connectivity index (χ2v) is 7.91. The van der Waals surface area contributed by atoms with Crippen LogP contribution >= 0.6 is 22.9 Å². The maximum Gasteiger partial charge on any atom is 0.310 e. The average molecular weight is 419 g/mol. The van der Waals surface area contributed by atoms with Crippen LogP contribution in [0.3, 0.4) is 0 Å². The molecule has 1 aliphatic carbocycles. The number of carbonyl (C=O) groups is 2. The number of halogens is 1. The third kappa shape index (κ3) is 4.64. The molecule has 0 bridgehead atoms. The van der Waals surface area contributed by atoms with Crippen molar-refractivity contribution in [2.45, 2.75) is 32.1 Å². The van der Waals surface area contributed by atoms with Crippen molar-refractivity contribution in [3.8, 4) is 11.8 Å². The van der Waals surface area contributed by atoms with Crippen LogP contribution in [0.25, 0.3) is 0 Å². The predicted octanol–water partition coefficient (Wildman–Crippen LogP) is 3.88. The number of ether oxygens (including phenoxy) is 2. The Kier molecular flexibility index (Phi) is 6.55. The normalized spacial score (nSPS) is 12.6. The second-order valence-electron chi connectivity index (χ2n) is 6.37. The summed E-state index contributed by atoms with van der Waals surface area (Å²) in [5, 5.41) is 13.1. The maximum atomic E-state index is 12.2. The fourth-order valence-corrected chi connectivity index (χ4v) is 4.62. The number of hydrogen-bond acceptors (Lipinski definition) is 6. The summed E-state index contributed by atoms with van der Waals surface area (Å²) in [4.78, 5) is 25.4. The molecule has 146 valence electrons. The molecule has 0 saturated heterocycles. The fraction of sp³-hybridized carbons (Fsp3) is 0.350. The number of nitriles is 1. The zero-order valence-electron chi connectivity index (χ0n) is 15.3. The van der Waals surface area contributed by atoms with Gasteiger partial charge in [-0.05, 0) is 49.4 Å². The summed E-state index contributed by atoms with van der Waals surface area (Å²) in [6.07, 6.45) is 3.88. The van der Waals surface area contributed by atoms with Gasteiger partial charge < -0.3 is 14.8 Å². The first-order chi connectivity index (χ1) is 13.5. The third-order valence-corrected chi connectivity index (χ3v) is 5.92. The molecule has 1 aromatic heterocycles. The molecule has 0 saturated carbocycles. The number of hydrogen-bond donors (Lipinski definition) is 1. The van der Waals surface area contributed by atoms with E-state index in [2.05, 4.69) is 11.4 Å². The first-order valence-corrected chi connectivity index (χ1v) is 10.0. The standard InChI is InChI=1S/C20H19ClN2O4S/c1-26-16-7-6-13(21)8-12(16)9-19(25)27-11-18(24)23-20-15(10-22)14-4-2-3-5-17(14)28-20/h6-8H,2-5,9,11H2,1H3,(H,23,24). The van der Waals surface area contributed by atoms with Gasteiger partial charge in [0, 0.05) is 15.5 Å². The van der Waals surface area contributed by atoms with E-state index in [0.29, 0.717) is 26.9 Å². The number of aryl methyl sites for hydroxylation is 1. The van der Waals surface area contributed by atoms with Crippen molar-refractivity contribution in [1.29, 1.82) is 5.26 Å². The molecule has 0 aliphatic heterocycles. The summed E-state index contributed by atoms with van der Waals surface area (Å²) in [5.74, 6) is -0.517. The van der Waals surface area contributed by atoms with Gasteiger partial charge in [-0.3, -0.25) is 9.59 Å². The first-order valence-electron chi connectivity index (χ1n) is 8.84. The predicted molar refractivity (Wildman–Crippen MR) is 107 cm³/mol. The van der Waals surface area contributed by atoms with Crippen LogP contribution in [-0.2, 0) is 33.6 Å². The van der Waals surface area contributed by atoms with Gasteiger partial charge in [-0.1, -0.05) is 11.6 Å². The molecule has 3 rings (SSSR count). The second kappa shape index (κ2) is 9.09. The Morgan fingerprint density at radius 2 is 2.11 bits per heavy atom. The molecule has 1 aromatic carbocycles. The number of methoxy groups -OCH3 is 1. The van der Waals surface area contributed by atoms with E-state index < -0.39 is 18.5 Å². The number of rotatable bonds is 6. The number of esters is 1. The van der Waals surface area contributed by atoms with E-state index in [1.807, 2.05) is 0 Å². The monoisotopic (exact) mass is 418 g/mol. The van der Waals surface area contributed by atoms with Crippen LogP contribution in [0.4, 0.5) is 5.00 Å². The average Bonchev–Trinajstić information content (AvgIpc) is 3.03. The van der Waals surface area contributed by atoms with Gasteiger partial charge in [0.15, 0.2) is 6.61 Å². The van der Waals surface area contributed by atoms with E-state index in [1.54, 1.807) is 18.2 Å². The number of nitrogens with zero attached hydrogens (tertiary/aromatic N) is 1. The molecule has 2 aromatic rings. The number of carbonyl (C=O) groups excluding carboxylic acids is 2. The molecule has 0 radical (unpaired) electrons. The summed E-state index contributed by atoms with van der Waals surface area (Å²) in [6, 6.07) is 7.14. The number of fused-ring (bicyclic) bond motifs is 1. The van der Waals surface area contributed by atoms with Crippen LogP contribution < -0.4 is 10.1 Å². The molecular weight excluding hydrogens is 400 g/mol. The minimum absolute atomic E-state index is 0.0617. The Morgan fingerprint density at radius 3 is 2.86 bits per heavy atom. The largest absolute Gasteiger partial charge is 0.496 e. The van der Waals surface area contributed by atoms with Crippen molar-refractivity contribution in [1.82, 2.24) is 0 Å². The van der Waals surface area contributed by atoms with Gasteiger partial charge in [-0.15, -0.1) is 11.3 Å². The molecule has 0 spiro atoms. The zero-order chi connectivity index (χ0) is 20.1. The number of benzene rings is 1. The highest BCUT2D eigenvalue weighted by Gasteiger charge is 2.22. The van der Waals surface area contributed by atoms with E-state index in [9.17, 15) is 14.9 Å². The van der Waals surface area contributed by atoms with Crippen molar-refractivity contribution in [2.75, 3.05) is 19.0 Å². The quantitative estimate of drug-likeness (QED) is 0.719. The van der Waals surface area contributed by atoms with Crippen molar-refractivity contribution in [3.63, 3.8) is 0 Å². The summed E-state index contributed by atoms with van der Waals surface area (Å²) in [7, 11) is 1.50. The van der Waals surface area contributed by atoms with Crippen LogP contribution in [0.15, 0.2) is 18.2 Å². The SMILES string of the molecule is COc1ccc(Cl)cc1CC(=O)OCC(=O)Nc1sc2c(c1C#N)CCCC2. The Morgan fingerprint density at radius 1 is 1.32 bits per heavy atom. The van der Waals surface area contributed by atoms with Crippen molar-refractivity contribution >= 4 is 39.8 Å². The highest BCUT2D eigenvalue weighted by Crippen LogP contribution is 2.37. The summed E-state index contributed by atoms with van der Waals surface area (Å²) in [5.41, 5.74) is 2.15. The van der Waals surface area contributed by atoms with E-state index >= 15 is 0 Å². The Labute approximate surface area is 172 Å². The van der Waals surface area contributed by atoms with Crippen LogP contribution in [0.5, 0.6) is 5.75 Å². The summed E-state index contributed by atoms with van der Waals surface area (Å²) < 4.78 is 10.3. The fourth-order valence-electron chi connectivity index (χ4n) is 3.17. The summed E-state index contributed by atoms with van der Waals surface area (Å²) >= 11 is 7.38. The molecule has 6 nitrogen and oxygen atoms in total. The molecule has 1 amide bonds. The van der Waals surface area contributed by atoms with Gasteiger partial charge in [0.2, 0.25) is 0 Å². The van der Waals surface area contributed by atoms with Crippen LogP contribution in [0.2, 0.25) is 5.02 Å². The Hall–Kier alpha value is -2.56. The lowest BCUT2D eigenvalue weighted by Gasteiger charge is -2.10. The third-order valence-electron chi connectivity index (χ3n) is 4.48. The molecular formula is C20H19ClN2O4S. The molecule has 1 heterocycles. The molecule has 28 heavy (non-hydrogen) atoms. The molecule has 0 fully saturated rings.